The van der Waals surface area contributed by atoms with Crippen molar-refractivity contribution in [3.8, 4) is 0 Å². The maximum absolute atomic E-state index is 0. The fraction of sp³-hybridized carbons (Fsp3) is 0. The summed E-state index contributed by atoms with van der Waals surface area (Å²) in [6, 6.07) is 0. The van der Waals surface area contributed by atoms with Gasteiger partial charge in [-0.25, -0.2) is 0 Å². The van der Waals surface area contributed by atoms with Crippen molar-refractivity contribution >= 4 is 0 Å². The summed E-state index contributed by atoms with van der Waals surface area (Å²) in [5.74, 6) is 0. The van der Waals surface area contributed by atoms with Crippen molar-refractivity contribution in [3.63, 3.8) is 0 Å². The Hall–Kier alpha value is 18.6. The van der Waals surface area contributed by atoms with Gasteiger partial charge < -0.3 is 0 Å². The van der Waals surface area contributed by atoms with Crippen molar-refractivity contribution < 1.29 is 564 Å². The monoisotopic (exact) mass is 3180 g/mol. The van der Waals surface area contributed by atoms with Crippen molar-refractivity contribution in [2.75, 3.05) is 0 Å². The molecule has 23 heteroatoms. The second-order valence-electron chi connectivity index (χ2n) is 0. The first-order valence-electron chi connectivity index (χ1n) is 0. The minimum absolute atomic E-state index is 0. The molecule has 0 aliphatic carbocycles. The summed E-state index contributed by atoms with van der Waals surface area (Å²) in [6.07, 6.45) is 0. The molecule has 0 N–H and O–H groups in total. The van der Waals surface area contributed by atoms with E-state index in [9.17, 15) is 0 Å². The molecule has 0 fully saturated rings. The molecule has 0 aliphatic rings. The Kier molecular flexibility index (Phi) is 1590. The van der Waals surface area contributed by atoms with Crippen molar-refractivity contribution in [1.29, 1.82) is 0 Å². The van der Waals surface area contributed by atoms with E-state index in [-0.39, 0.29) is 564 Å². The summed E-state index contributed by atoms with van der Waals surface area (Å²) < 4.78 is 0. The fourth-order valence-electron chi connectivity index (χ4n) is 0. The van der Waals surface area contributed by atoms with E-state index in [2.05, 4.69) is 0 Å². The minimum atomic E-state index is 0. The molecular formula is AcAuHfHgIrLaLuMnMoNbOsPdPtReRhRuScTaTcTiWYZr. The van der Waals surface area contributed by atoms with Gasteiger partial charge in [-0.2, -0.15) is 0 Å². The second-order valence-corrected chi connectivity index (χ2v) is 0. The topological polar surface area (TPSA) is 0 Å². The van der Waals surface area contributed by atoms with E-state index in [1.165, 1.54) is 0 Å². The first-order chi connectivity index (χ1) is 0. The third-order valence-electron chi connectivity index (χ3n) is 0. The fourth-order valence-corrected chi connectivity index (χ4v) is 0. The van der Waals surface area contributed by atoms with Crippen LogP contribution in [0.15, 0.2) is 0 Å². The van der Waals surface area contributed by atoms with Crippen LogP contribution in [0.2, 0.25) is 0 Å². The Morgan fingerprint density at radius 2 is 1.00 bits per heavy atom. The van der Waals surface area contributed by atoms with E-state index in [1.807, 2.05) is 0 Å². The number of hydrogen-bond donors (Lipinski definition) is 0. The van der Waals surface area contributed by atoms with E-state index < -0.39 is 0 Å². The first-order valence-corrected chi connectivity index (χ1v) is 0. The SMILES string of the molecule is [Ac].[Au].[Hf].[Hg].[Ir].[La].[Lu].[Mn].[Mo].[Nb].[Os].[Pd].[Pt].[Re].[Rh].[Ru].[Sc].[Ta].[Tc].[Ti].[W].[Y].[Zr]. The van der Waals surface area contributed by atoms with Gasteiger partial charge in [0.05, 0.1) is 0 Å². The Balaban J connectivity index is 0. The molecule has 0 bridgehead atoms. The molecule has 0 unspecified atom stereocenters. The molecule has 0 heterocycles. The summed E-state index contributed by atoms with van der Waals surface area (Å²) in [4.78, 5) is 0. The summed E-state index contributed by atoms with van der Waals surface area (Å²) in [7, 11) is 0. The zero-order valence-corrected chi connectivity index (χ0v) is 68.1. The van der Waals surface area contributed by atoms with Crippen molar-refractivity contribution in [2.45, 2.75) is 0 Å². The van der Waals surface area contributed by atoms with Gasteiger partial charge in [-0.15, -0.1) is 0 Å². The quantitative estimate of drug-likeness (QED) is 0.299. The standard InChI is InChI=1S/Ac.Au.Hf.Hg.Ir.La.Lu.Mn.Mo.Nb.Os.Pd.Pt.Re.Rh.Ru.Sc.Ta.Tc.Ti.W.Y.Zr. The molecule has 0 rings (SSSR count). The Labute approximate surface area is 545 Å². The van der Waals surface area contributed by atoms with Crippen LogP contribution in [0.4, 0.5) is 0 Å². The molecule has 0 aromatic carbocycles. The van der Waals surface area contributed by atoms with Crippen LogP contribution in [0.3, 0.4) is 0 Å². The molecule has 0 spiro atoms. The van der Waals surface area contributed by atoms with Gasteiger partial charge in [-0.05, 0) is 0 Å². The predicted octanol–water partition coefficient (Wildman–Crippen LogP) is -0.0500. The van der Waals surface area contributed by atoms with Crippen LogP contribution in [-0.2, 0) is 447 Å². The zero-order chi connectivity index (χ0) is 0. The summed E-state index contributed by atoms with van der Waals surface area (Å²) in [6.45, 7) is 0. The first kappa shape index (κ1) is 198. The minimum Gasteiger partial charge on any atom is 0 e. The van der Waals surface area contributed by atoms with Crippen LogP contribution >= 0.6 is 0 Å². The molecule has 0 nitrogen and oxygen atoms in total. The largest absolute Gasteiger partial charge is 0 e. The number of rotatable bonds is 0. The van der Waals surface area contributed by atoms with Crippen molar-refractivity contribution in [3.05, 3.63) is 0 Å². The maximum atomic E-state index is 0. The zero-order valence-electron chi connectivity index (χ0n) is 9.93. The molecule has 149 valence electrons. The Morgan fingerprint density at radius 1 is 1.00 bits per heavy atom. The van der Waals surface area contributed by atoms with E-state index in [0.29, 0.717) is 0 Å². The summed E-state index contributed by atoms with van der Waals surface area (Å²) in [5.41, 5.74) is 0. The van der Waals surface area contributed by atoms with Gasteiger partial charge in [0.1, 0.15) is 0 Å². The van der Waals surface area contributed by atoms with Crippen molar-refractivity contribution in [2.24, 2.45) is 0 Å². The Bertz CT molecular complexity index is 104. The van der Waals surface area contributed by atoms with E-state index in [4.69, 9.17) is 0 Å². The van der Waals surface area contributed by atoms with E-state index in [0.717, 1.165) is 0 Å². The third-order valence-corrected chi connectivity index (χ3v) is 0. The van der Waals surface area contributed by atoms with Crippen LogP contribution in [-0.4, -0.2) is 0 Å². The summed E-state index contributed by atoms with van der Waals surface area (Å²) in [5, 5.41) is 0. The van der Waals surface area contributed by atoms with Gasteiger partial charge in [0, 0.05) is 564 Å². The molecule has 0 aromatic heterocycles. The van der Waals surface area contributed by atoms with Gasteiger partial charge in [-0.3, -0.25) is 0 Å². The van der Waals surface area contributed by atoms with Crippen LogP contribution in [0.25, 0.3) is 0 Å². The van der Waals surface area contributed by atoms with Gasteiger partial charge in [-0.1, -0.05) is 0 Å². The number of hydrogen-bond acceptors (Lipinski definition) is 0. The average Bonchev–Trinajstić information content (AvgIpc) is 0. The molecule has 0 amide bonds. The van der Waals surface area contributed by atoms with E-state index in [1.54, 1.807) is 0 Å². The van der Waals surface area contributed by atoms with Crippen LogP contribution in [0.5, 0.6) is 0 Å². The molecule has 0 aliphatic heterocycles. The molecule has 23 heavy (non-hydrogen) atoms. The van der Waals surface area contributed by atoms with Gasteiger partial charge in [0.2, 0.25) is 0 Å². The van der Waals surface area contributed by atoms with Crippen LogP contribution in [0.1, 0.15) is 0 Å². The molecule has 0 saturated carbocycles. The maximum Gasteiger partial charge on any atom is 0 e. The predicted molar refractivity (Wildman–Crippen MR) is 0 cm³/mol. The van der Waals surface area contributed by atoms with Gasteiger partial charge in [0.15, 0.2) is 0 Å². The van der Waals surface area contributed by atoms with Gasteiger partial charge in [0.25, 0.3) is 0 Å². The smallest absolute Gasteiger partial charge is 0 e. The molecule has 0 saturated heterocycles. The molecule has 0 aromatic rings. The van der Waals surface area contributed by atoms with Crippen LogP contribution in [0, 0.1) is 117 Å². The van der Waals surface area contributed by atoms with Crippen LogP contribution < -0.4 is 0 Å². The molecular weight excluding hydrogens is 3170 g/mol. The molecule has 13 radical (unpaired) electrons. The Morgan fingerprint density at radius 3 is 1.00 bits per heavy atom. The van der Waals surface area contributed by atoms with Crippen molar-refractivity contribution in [1.82, 2.24) is 0 Å². The summed E-state index contributed by atoms with van der Waals surface area (Å²) >= 11 is 0. The van der Waals surface area contributed by atoms with Gasteiger partial charge >= 0.3 is 0 Å². The molecule has 0 atom stereocenters. The average molecular weight is 3170 g/mol. The van der Waals surface area contributed by atoms with E-state index >= 15 is 0 Å². The third kappa shape index (κ3) is 175. The normalized spacial score (nSPS) is 0. The second kappa shape index (κ2) is 184.